The minimum absolute atomic E-state index is 0.0229. The van der Waals surface area contributed by atoms with E-state index in [4.69, 9.17) is 53.6 Å². The molecule has 0 radical (unpaired) electrons. The highest BCUT2D eigenvalue weighted by atomic mass is 31.2. The number of rotatable bonds is 23. The van der Waals surface area contributed by atoms with Gasteiger partial charge in [-0.05, 0) is 86.2 Å². The molecule has 3 aliphatic rings. The summed E-state index contributed by atoms with van der Waals surface area (Å²) in [6.45, 7) is 7.03. The van der Waals surface area contributed by atoms with Crippen LogP contribution in [0.3, 0.4) is 0 Å². The molecule has 0 bridgehead atoms. The van der Waals surface area contributed by atoms with Crippen molar-refractivity contribution in [2.45, 2.75) is 123 Å². The van der Waals surface area contributed by atoms with Crippen LogP contribution in [0.2, 0.25) is 0 Å². The Hall–Kier alpha value is -7.00. The van der Waals surface area contributed by atoms with Crippen molar-refractivity contribution in [1.29, 1.82) is 0 Å². The summed E-state index contributed by atoms with van der Waals surface area (Å²) >= 11 is 0. The summed E-state index contributed by atoms with van der Waals surface area (Å²) in [5, 5.41) is 19.9. The number of pyridine rings is 2. The second-order valence-corrected chi connectivity index (χ2v) is 21.6. The number of hydrogen-bond acceptors (Lipinski definition) is 20. The topological polar surface area (TPSA) is 331 Å². The van der Waals surface area contributed by atoms with Crippen molar-refractivity contribution < 1.29 is 90.1 Å². The Morgan fingerprint density at radius 2 is 1.51 bits per heavy atom. The van der Waals surface area contributed by atoms with Gasteiger partial charge in [-0.2, -0.15) is 0 Å². The van der Waals surface area contributed by atoms with Crippen molar-refractivity contribution in [3.8, 4) is 29.2 Å². The fraction of sp³-hybridized carbons (Fsp3) is 0.451. The Labute approximate surface area is 447 Å². The van der Waals surface area contributed by atoms with E-state index in [0.29, 0.717) is 59.1 Å². The lowest BCUT2D eigenvalue weighted by molar-refractivity contribution is -0.344. The maximum atomic E-state index is 14.8. The summed E-state index contributed by atoms with van der Waals surface area (Å²) < 4.78 is 78.6. The minimum Gasteiger partial charge on any atom is -0.458 e. The van der Waals surface area contributed by atoms with E-state index >= 15 is 0 Å². The van der Waals surface area contributed by atoms with E-state index in [1.165, 1.54) is 34.9 Å². The molecule has 1 saturated heterocycles. The molecule has 5 N–H and O–H groups in total. The first-order valence-electron chi connectivity index (χ1n) is 24.7. The Morgan fingerprint density at radius 1 is 0.846 bits per heavy atom. The third kappa shape index (κ3) is 13.5. The highest BCUT2D eigenvalue weighted by Gasteiger charge is 2.54. The zero-order valence-corrected chi connectivity index (χ0v) is 45.2. The van der Waals surface area contributed by atoms with Crippen LogP contribution in [0.15, 0.2) is 53.3 Å². The maximum Gasteiger partial charge on any atom is 0.458 e. The molecular weight excluding hydrogens is 1060 g/mol. The summed E-state index contributed by atoms with van der Waals surface area (Å²) in [5.41, 5.74) is 3.14. The lowest BCUT2D eigenvalue weighted by Crippen LogP contribution is -2.62. The van der Waals surface area contributed by atoms with Crippen LogP contribution in [0, 0.1) is 12.1 Å². The van der Waals surface area contributed by atoms with Gasteiger partial charge < -0.3 is 62.7 Å². The van der Waals surface area contributed by atoms with Crippen LogP contribution in [-0.2, 0) is 96.0 Å². The first-order valence-corrected chi connectivity index (χ1v) is 28.0. The van der Waals surface area contributed by atoms with Crippen LogP contribution in [0.5, 0.6) is 5.75 Å². The Morgan fingerprint density at radius 3 is 2.15 bits per heavy atom. The van der Waals surface area contributed by atoms with Crippen molar-refractivity contribution >= 4 is 67.6 Å². The minimum atomic E-state index is -4.37. The Balaban J connectivity index is 1.09. The highest BCUT2D eigenvalue weighted by Crippen LogP contribution is 2.47. The number of aromatic nitrogens is 2. The van der Waals surface area contributed by atoms with E-state index in [1.807, 2.05) is 6.92 Å². The molecule has 418 valence electrons. The van der Waals surface area contributed by atoms with E-state index in [1.54, 1.807) is 30.8 Å². The molecule has 1 fully saturated rings. The van der Waals surface area contributed by atoms with Gasteiger partial charge >= 0.3 is 45.1 Å². The average molecular weight is 1120 g/mol. The molecule has 1 amide bonds. The molecule has 2 unspecified atom stereocenters. The molecule has 2 aromatic carbocycles. The van der Waals surface area contributed by atoms with E-state index in [-0.39, 0.29) is 61.8 Å². The zero-order chi connectivity index (χ0) is 56.7. The smallest absolute Gasteiger partial charge is 0.458 e. The van der Waals surface area contributed by atoms with Crippen LogP contribution < -0.4 is 25.6 Å². The van der Waals surface area contributed by atoms with Gasteiger partial charge in [0.05, 0.1) is 42.2 Å². The summed E-state index contributed by atoms with van der Waals surface area (Å²) in [6, 6.07) is 12.2. The normalized spacial score (nSPS) is 21.7. The number of nitrogens with zero attached hydrogens (tertiary/aromatic N) is 2. The molecular formula is C51H59N5O20P2. The molecule has 4 aromatic rings. The first kappa shape index (κ1) is 58.7. The van der Waals surface area contributed by atoms with Crippen LogP contribution in [0.25, 0.3) is 22.3 Å². The number of esters is 5. The molecule has 7 rings (SSSR count). The summed E-state index contributed by atoms with van der Waals surface area (Å²) in [7, 11) is -8.38. The highest BCUT2D eigenvalue weighted by molar-refractivity contribution is 7.64. The molecule has 27 heteroatoms. The number of aliphatic hydroxyl groups is 1. The Kier molecular flexibility index (Phi) is 18.6. The SMILES string of the molecule is C#CP(=O)(O)Nc1ccc(C(=O)NCCCCCOP(=O)(NCCO[C@H]2O[C@@H](OC(C)=O)[C@H](OC(C)=O)[C@@H](OC(C)=O)[C@@H]2OC(C)=O)Oc2ccc3nc4c(c(CC)c3c2)Cn2c-4cc3c(c2=O)COC(=O)[C@]3(O)CC)cc1. The van der Waals surface area contributed by atoms with Gasteiger partial charge in [0, 0.05) is 74.2 Å². The largest absolute Gasteiger partial charge is 0.458 e. The van der Waals surface area contributed by atoms with E-state index < -0.39 is 99.7 Å². The predicted octanol–water partition coefficient (Wildman–Crippen LogP) is 4.58. The number of cyclic esters (lactones) is 1. The first-order chi connectivity index (χ1) is 37.0. The molecule has 0 aliphatic carbocycles. The van der Waals surface area contributed by atoms with Crippen molar-refractivity contribution in [2.24, 2.45) is 0 Å². The fourth-order valence-corrected chi connectivity index (χ4v) is 11.0. The van der Waals surface area contributed by atoms with Crippen LogP contribution in [-0.4, -0.2) is 112 Å². The summed E-state index contributed by atoms with van der Waals surface area (Å²) in [6.07, 6.45) is -1.28. The number of amides is 1. The average Bonchev–Trinajstić information content (AvgIpc) is 4.01. The summed E-state index contributed by atoms with van der Waals surface area (Å²) in [4.78, 5) is 103. The van der Waals surface area contributed by atoms with Crippen molar-refractivity contribution in [2.75, 3.05) is 31.4 Å². The second kappa shape index (κ2) is 24.8. The van der Waals surface area contributed by atoms with Gasteiger partial charge in [0.25, 0.3) is 11.5 Å². The number of fused-ring (bicyclic) bond motifs is 5. The number of nitrogens with one attached hydrogen (secondary N) is 3. The number of carbonyl (C=O) groups is 6. The standard InChI is InChI=1S/C51H59N5O20P2/c1-8-35-36-24-34(18-19-40(36)54-42-37(35)26-56-41(42)25-39-38(47(56)62)27-69-50(63)51(39,64)9-2)76-78(67,70-22-13-11-12-20-52-46(61)32-14-16-33(17-15-32)55-77(65,66)10-3)53-21-23-68-48-44(72-29(5)58)43(71-28(4)57)45(73-30(6)59)49(75-48)74-31(7)60/h3,14-19,24-25,43-45,48-49,64H,8-9,11-13,20-23,26-27H2,1-2,4-7H3,(H,52,61)(H,53,67)(H2,55,65,66)/t43-,44-,45+,48-,49+,51-,78?/m0/s1. The van der Waals surface area contributed by atoms with Gasteiger partial charge in [-0.3, -0.25) is 37.9 Å². The molecule has 5 heterocycles. The van der Waals surface area contributed by atoms with Gasteiger partial charge in [-0.15, -0.1) is 6.42 Å². The zero-order valence-electron chi connectivity index (χ0n) is 43.4. The molecule has 78 heavy (non-hydrogen) atoms. The number of benzene rings is 2. The van der Waals surface area contributed by atoms with Crippen LogP contribution in [0.4, 0.5) is 5.69 Å². The van der Waals surface area contributed by atoms with E-state index in [0.717, 1.165) is 33.3 Å². The number of terminal acetylenes is 1. The molecule has 0 saturated carbocycles. The van der Waals surface area contributed by atoms with Gasteiger partial charge in [0.2, 0.25) is 18.7 Å². The lowest BCUT2D eigenvalue weighted by atomic mass is 9.86. The van der Waals surface area contributed by atoms with Gasteiger partial charge in [0.1, 0.15) is 12.4 Å². The number of hydrogen-bond donors (Lipinski definition) is 5. The monoisotopic (exact) mass is 1120 g/mol. The number of unbranched alkanes of at least 4 members (excludes halogenated alkanes) is 2. The summed E-state index contributed by atoms with van der Waals surface area (Å²) in [5.74, 6) is -4.63. The van der Waals surface area contributed by atoms with Gasteiger partial charge in [-0.1, -0.05) is 13.8 Å². The van der Waals surface area contributed by atoms with Crippen molar-refractivity contribution in [3.63, 3.8) is 0 Å². The Bertz CT molecular complexity index is 3200. The van der Waals surface area contributed by atoms with Crippen molar-refractivity contribution in [1.82, 2.24) is 20.0 Å². The van der Waals surface area contributed by atoms with Gasteiger partial charge in [0.15, 0.2) is 17.8 Å². The van der Waals surface area contributed by atoms with E-state index in [9.17, 15) is 52.7 Å². The number of carbonyl (C=O) groups excluding carboxylic acids is 6. The fourth-order valence-electron chi connectivity index (χ4n) is 9.13. The third-order valence-electron chi connectivity index (χ3n) is 12.7. The lowest BCUT2D eigenvalue weighted by Gasteiger charge is -2.43. The van der Waals surface area contributed by atoms with Crippen LogP contribution in [0.1, 0.15) is 99.8 Å². The molecule has 8 atom stereocenters. The second-order valence-electron chi connectivity index (χ2n) is 18.2. The van der Waals surface area contributed by atoms with Crippen molar-refractivity contribution in [3.05, 3.63) is 86.7 Å². The van der Waals surface area contributed by atoms with Gasteiger partial charge in [-0.25, -0.2) is 19.4 Å². The predicted molar refractivity (Wildman–Crippen MR) is 274 cm³/mol. The third-order valence-corrected chi connectivity index (χ3v) is 15.2. The molecule has 0 spiro atoms. The number of ether oxygens (including phenoxy) is 7. The molecule has 2 aromatic heterocycles. The number of anilines is 1. The molecule has 3 aliphatic heterocycles. The van der Waals surface area contributed by atoms with Crippen LogP contribution >= 0.6 is 15.3 Å². The maximum absolute atomic E-state index is 14.8. The number of aryl methyl sites for hydroxylation is 1. The quantitative estimate of drug-likeness (QED) is 0.0196. The van der Waals surface area contributed by atoms with E-state index in [2.05, 4.69) is 15.5 Å². The molecule has 25 nitrogen and oxygen atoms in total.